The number of urea groups is 1. The number of thioether (sulfide) groups is 1. The van der Waals surface area contributed by atoms with Crippen molar-refractivity contribution in [1.29, 1.82) is 0 Å². The van der Waals surface area contributed by atoms with Gasteiger partial charge in [-0.2, -0.15) is 0 Å². The Kier molecular flexibility index (Phi) is 6.73. The smallest absolute Gasteiger partial charge is 0.321 e. The first-order valence-electron chi connectivity index (χ1n) is 5.94. The molecule has 0 aliphatic rings. The van der Waals surface area contributed by atoms with Crippen molar-refractivity contribution in [2.24, 2.45) is 5.92 Å². The van der Waals surface area contributed by atoms with Crippen LogP contribution in [0.15, 0.2) is 29.2 Å². The van der Waals surface area contributed by atoms with E-state index in [0.717, 1.165) is 4.90 Å². The van der Waals surface area contributed by atoms with Crippen LogP contribution in [-0.2, 0) is 4.79 Å². The molecule has 0 fully saturated rings. The Balaban J connectivity index is 2.32. The fourth-order valence-electron chi connectivity index (χ4n) is 1.21. The van der Waals surface area contributed by atoms with Crippen LogP contribution in [0.4, 0.5) is 4.79 Å². The Bertz CT molecular complexity index is 452. The molecular formula is C13H17ClN2O2S. The van der Waals surface area contributed by atoms with Crippen molar-refractivity contribution in [1.82, 2.24) is 10.6 Å². The molecule has 0 saturated carbocycles. The van der Waals surface area contributed by atoms with Gasteiger partial charge in [0.1, 0.15) is 0 Å². The van der Waals surface area contributed by atoms with Crippen molar-refractivity contribution < 1.29 is 9.59 Å². The molecule has 0 unspecified atom stereocenters. The summed E-state index contributed by atoms with van der Waals surface area (Å²) in [7, 11) is 0. The van der Waals surface area contributed by atoms with Crippen molar-refractivity contribution in [3.8, 4) is 0 Å². The highest BCUT2D eigenvalue weighted by Gasteiger charge is 2.09. The largest absolute Gasteiger partial charge is 0.338 e. The third-order valence-electron chi connectivity index (χ3n) is 2.12. The number of hydrogen-bond donors (Lipinski definition) is 2. The highest BCUT2D eigenvalue weighted by Crippen LogP contribution is 2.26. The van der Waals surface area contributed by atoms with Gasteiger partial charge in [-0.05, 0) is 18.1 Å². The number of carbonyl (C=O) groups excluding carboxylic acids is 2. The van der Waals surface area contributed by atoms with Gasteiger partial charge in [0.25, 0.3) is 0 Å². The van der Waals surface area contributed by atoms with Gasteiger partial charge in [-0.15, -0.1) is 11.8 Å². The van der Waals surface area contributed by atoms with E-state index in [9.17, 15) is 9.59 Å². The lowest BCUT2D eigenvalue weighted by atomic mass is 10.2. The summed E-state index contributed by atoms with van der Waals surface area (Å²) in [5.74, 6) is 0.156. The number of carbonyl (C=O) groups is 2. The average Bonchev–Trinajstić information content (AvgIpc) is 2.35. The number of hydrogen-bond acceptors (Lipinski definition) is 3. The summed E-state index contributed by atoms with van der Waals surface area (Å²) in [5, 5.41) is 5.49. The molecule has 2 N–H and O–H groups in total. The summed E-state index contributed by atoms with van der Waals surface area (Å²) in [6.07, 6.45) is 0. The highest BCUT2D eigenvalue weighted by molar-refractivity contribution is 8.00. The molecule has 0 aliphatic heterocycles. The summed E-state index contributed by atoms with van der Waals surface area (Å²) >= 11 is 7.26. The Hall–Kier alpha value is -1.20. The van der Waals surface area contributed by atoms with E-state index in [1.54, 1.807) is 6.07 Å². The van der Waals surface area contributed by atoms with Crippen LogP contribution >= 0.6 is 23.4 Å². The molecule has 0 atom stereocenters. The second-order valence-electron chi connectivity index (χ2n) is 4.37. The zero-order chi connectivity index (χ0) is 14.3. The van der Waals surface area contributed by atoms with Gasteiger partial charge in [-0.1, -0.05) is 37.6 Å². The van der Waals surface area contributed by atoms with Crippen LogP contribution in [0, 0.1) is 5.92 Å². The SMILES string of the molecule is CC(C)CNC(=O)NC(=O)CSc1ccccc1Cl. The van der Waals surface area contributed by atoms with Gasteiger partial charge in [0, 0.05) is 11.4 Å². The maximum absolute atomic E-state index is 11.5. The minimum absolute atomic E-state index is 0.152. The quantitative estimate of drug-likeness (QED) is 0.822. The average molecular weight is 301 g/mol. The molecule has 0 radical (unpaired) electrons. The van der Waals surface area contributed by atoms with Crippen LogP contribution in [-0.4, -0.2) is 24.2 Å². The molecule has 4 nitrogen and oxygen atoms in total. The van der Waals surface area contributed by atoms with Gasteiger partial charge in [0.05, 0.1) is 10.8 Å². The van der Waals surface area contributed by atoms with E-state index in [1.807, 2.05) is 32.0 Å². The normalized spacial score (nSPS) is 10.3. The minimum atomic E-state index is -0.460. The first kappa shape index (κ1) is 15.9. The molecule has 104 valence electrons. The minimum Gasteiger partial charge on any atom is -0.338 e. The predicted octanol–water partition coefficient (Wildman–Crippen LogP) is 2.91. The van der Waals surface area contributed by atoms with Crippen molar-refractivity contribution >= 4 is 35.3 Å². The lowest BCUT2D eigenvalue weighted by Crippen LogP contribution is -2.41. The van der Waals surface area contributed by atoms with Gasteiger partial charge < -0.3 is 5.32 Å². The Morgan fingerprint density at radius 2 is 2.00 bits per heavy atom. The van der Waals surface area contributed by atoms with E-state index in [2.05, 4.69) is 10.6 Å². The number of halogens is 1. The van der Waals surface area contributed by atoms with Crippen molar-refractivity contribution in [3.63, 3.8) is 0 Å². The van der Waals surface area contributed by atoms with Gasteiger partial charge >= 0.3 is 6.03 Å². The Morgan fingerprint density at radius 1 is 1.32 bits per heavy atom. The topological polar surface area (TPSA) is 58.2 Å². The lowest BCUT2D eigenvalue weighted by Gasteiger charge is -2.08. The summed E-state index contributed by atoms with van der Waals surface area (Å²) < 4.78 is 0. The second kappa shape index (κ2) is 8.07. The van der Waals surface area contributed by atoms with Gasteiger partial charge in [-0.3, -0.25) is 10.1 Å². The van der Waals surface area contributed by atoms with Crippen LogP contribution < -0.4 is 10.6 Å². The summed E-state index contributed by atoms with van der Waals surface area (Å²) in [4.78, 5) is 23.7. The van der Waals surface area contributed by atoms with Crippen LogP contribution in [0.5, 0.6) is 0 Å². The van der Waals surface area contributed by atoms with Gasteiger partial charge in [0.15, 0.2) is 0 Å². The summed E-state index contributed by atoms with van der Waals surface area (Å²) in [6.45, 7) is 4.50. The molecule has 19 heavy (non-hydrogen) atoms. The number of amides is 3. The monoisotopic (exact) mass is 300 g/mol. The van der Waals surface area contributed by atoms with Crippen molar-refractivity contribution in [2.75, 3.05) is 12.3 Å². The third kappa shape index (κ3) is 6.50. The predicted molar refractivity (Wildman–Crippen MR) is 78.6 cm³/mol. The van der Waals surface area contributed by atoms with Gasteiger partial charge in [-0.25, -0.2) is 4.79 Å². The molecule has 0 saturated heterocycles. The summed E-state index contributed by atoms with van der Waals surface area (Å²) in [5.41, 5.74) is 0. The summed E-state index contributed by atoms with van der Waals surface area (Å²) in [6, 6.07) is 6.81. The second-order valence-corrected chi connectivity index (χ2v) is 5.80. The molecule has 0 spiro atoms. The standard InChI is InChI=1S/C13H17ClN2O2S/c1-9(2)7-15-13(18)16-12(17)8-19-11-6-4-3-5-10(11)14/h3-6,9H,7-8H2,1-2H3,(H2,15,16,17,18). The first-order valence-corrected chi connectivity index (χ1v) is 7.30. The molecule has 1 rings (SSSR count). The van der Waals surface area contributed by atoms with Gasteiger partial charge in [0.2, 0.25) is 5.91 Å². The molecule has 0 aliphatic carbocycles. The van der Waals surface area contributed by atoms with E-state index < -0.39 is 6.03 Å². The van der Waals surface area contributed by atoms with E-state index in [4.69, 9.17) is 11.6 Å². The Labute approximate surface area is 122 Å². The molecule has 0 aromatic heterocycles. The fourth-order valence-corrected chi connectivity index (χ4v) is 2.25. The van der Waals surface area contributed by atoms with Crippen LogP contribution in [0.3, 0.4) is 0 Å². The van der Waals surface area contributed by atoms with E-state index in [1.165, 1.54) is 11.8 Å². The maximum Gasteiger partial charge on any atom is 0.321 e. The van der Waals surface area contributed by atoms with Crippen LogP contribution in [0.2, 0.25) is 5.02 Å². The van der Waals surface area contributed by atoms with Crippen molar-refractivity contribution in [3.05, 3.63) is 29.3 Å². The molecule has 0 bridgehead atoms. The highest BCUT2D eigenvalue weighted by atomic mass is 35.5. The van der Waals surface area contributed by atoms with Crippen molar-refractivity contribution in [2.45, 2.75) is 18.7 Å². The van der Waals surface area contributed by atoms with E-state index in [0.29, 0.717) is 17.5 Å². The van der Waals surface area contributed by atoms with Crippen LogP contribution in [0.1, 0.15) is 13.8 Å². The maximum atomic E-state index is 11.5. The molecule has 1 aromatic rings. The molecule has 0 heterocycles. The zero-order valence-electron chi connectivity index (χ0n) is 10.9. The molecule has 3 amide bonds. The fraction of sp³-hybridized carbons (Fsp3) is 0.385. The first-order chi connectivity index (χ1) is 8.99. The van der Waals surface area contributed by atoms with E-state index >= 15 is 0 Å². The van der Waals surface area contributed by atoms with Crippen LogP contribution in [0.25, 0.3) is 0 Å². The number of benzene rings is 1. The van der Waals surface area contributed by atoms with E-state index in [-0.39, 0.29) is 11.7 Å². The zero-order valence-corrected chi connectivity index (χ0v) is 12.5. The number of nitrogens with one attached hydrogen (secondary N) is 2. The number of imide groups is 1. The number of rotatable bonds is 5. The molecule has 6 heteroatoms. The Morgan fingerprint density at radius 3 is 2.63 bits per heavy atom. The molecular weight excluding hydrogens is 284 g/mol. The lowest BCUT2D eigenvalue weighted by molar-refractivity contribution is -0.117. The molecule has 1 aromatic carbocycles. The third-order valence-corrected chi connectivity index (χ3v) is 3.63.